The van der Waals surface area contributed by atoms with Crippen molar-refractivity contribution in [2.75, 3.05) is 13.2 Å². The highest BCUT2D eigenvalue weighted by molar-refractivity contribution is 5.71. The van der Waals surface area contributed by atoms with Crippen LogP contribution in [0.2, 0.25) is 0 Å². The van der Waals surface area contributed by atoms with Crippen molar-refractivity contribution in [1.82, 2.24) is 0 Å². The van der Waals surface area contributed by atoms with Gasteiger partial charge in [-0.25, -0.2) is 0 Å². The quantitative estimate of drug-likeness (QED) is 0.0262. The molecule has 0 amide bonds. The average molecular weight is 985 g/mol. The summed E-state index contributed by atoms with van der Waals surface area (Å²) in [5.41, 5.74) is 0. The summed E-state index contributed by atoms with van der Waals surface area (Å²) < 4.78 is 16.7. The average Bonchev–Trinajstić information content (AvgIpc) is 3.38. The number of unbranched alkanes of at least 4 members (excludes halogenated alkanes) is 16. The lowest BCUT2D eigenvalue weighted by Gasteiger charge is -2.18. The molecule has 0 aliphatic rings. The minimum Gasteiger partial charge on any atom is -0.462 e. The van der Waals surface area contributed by atoms with Crippen LogP contribution in [0, 0.1) is 0 Å². The topological polar surface area (TPSA) is 78.9 Å². The lowest BCUT2D eigenvalue weighted by molar-refractivity contribution is -0.167. The molecule has 0 N–H and O–H groups in total. The van der Waals surface area contributed by atoms with E-state index < -0.39 is 6.10 Å². The summed E-state index contributed by atoms with van der Waals surface area (Å²) in [7, 11) is 0. The summed E-state index contributed by atoms with van der Waals surface area (Å²) in [4.78, 5) is 38.1. The second-order valence-electron chi connectivity index (χ2n) is 17.4. The van der Waals surface area contributed by atoms with Gasteiger partial charge in [0.15, 0.2) is 6.10 Å². The molecule has 0 aromatic heterocycles. The van der Waals surface area contributed by atoms with Gasteiger partial charge in [0.1, 0.15) is 13.2 Å². The van der Waals surface area contributed by atoms with Crippen molar-refractivity contribution in [3.8, 4) is 0 Å². The molecule has 0 aromatic carbocycles. The van der Waals surface area contributed by atoms with E-state index in [-0.39, 0.29) is 44.0 Å². The van der Waals surface area contributed by atoms with Crippen LogP contribution in [0.15, 0.2) is 194 Å². The summed E-state index contributed by atoms with van der Waals surface area (Å²) in [6.07, 6.45) is 88.3. The smallest absolute Gasteiger partial charge is 0.306 e. The van der Waals surface area contributed by atoms with E-state index in [0.29, 0.717) is 19.3 Å². The highest BCUT2D eigenvalue weighted by atomic mass is 16.6. The maximum absolute atomic E-state index is 12.8. The Morgan fingerprint density at radius 3 is 0.861 bits per heavy atom. The van der Waals surface area contributed by atoms with Crippen molar-refractivity contribution >= 4 is 17.9 Å². The van der Waals surface area contributed by atoms with Crippen LogP contribution in [-0.2, 0) is 28.6 Å². The van der Waals surface area contributed by atoms with Crippen molar-refractivity contribution in [2.24, 2.45) is 0 Å². The van der Waals surface area contributed by atoms with Gasteiger partial charge in [0, 0.05) is 19.3 Å². The fourth-order valence-electron chi connectivity index (χ4n) is 6.63. The summed E-state index contributed by atoms with van der Waals surface area (Å²) in [6, 6.07) is 0. The summed E-state index contributed by atoms with van der Waals surface area (Å²) >= 11 is 0. The molecule has 1 atom stereocenters. The van der Waals surface area contributed by atoms with Crippen molar-refractivity contribution in [3.63, 3.8) is 0 Å². The van der Waals surface area contributed by atoms with E-state index in [1.54, 1.807) is 0 Å². The van der Waals surface area contributed by atoms with E-state index in [0.717, 1.165) is 83.5 Å². The predicted octanol–water partition coefficient (Wildman–Crippen LogP) is 18.7. The predicted molar refractivity (Wildman–Crippen MR) is 310 cm³/mol. The van der Waals surface area contributed by atoms with E-state index in [4.69, 9.17) is 14.2 Å². The van der Waals surface area contributed by atoms with Gasteiger partial charge < -0.3 is 14.2 Å². The first-order chi connectivity index (χ1) is 35.5. The van der Waals surface area contributed by atoms with Gasteiger partial charge in [-0.3, -0.25) is 14.4 Å². The Labute approximate surface area is 439 Å². The molecule has 0 saturated carbocycles. The largest absolute Gasteiger partial charge is 0.462 e. The highest BCUT2D eigenvalue weighted by Crippen LogP contribution is 2.12. The van der Waals surface area contributed by atoms with E-state index in [1.807, 2.05) is 146 Å². The third-order valence-corrected chi connectivity index (χ3v) is 10.7. The maximum Gasteiger partial charge on any atom is 0.306 e. The van der Waals surface area contributed by atoms with E-state index in [9.17, 15) is 14.4 Å². The van der Waals surface area contributed by atoms with Gasteiger partial charge in [-0.1, -0.05) is 273 Å². The highest BCUT2D eigenvalue weighted by Gasteiger charge is 2.19. The van der Waals surface area contributed by atoms with Gasteiger partial charge in [0.25, 0.3) is 0 Å². The summed E-state index contributed by atoms with van der Waals surface area (Å²) in [6.45, 7) is 6.21. The Morgan fingerprint density at radius 2 is 0.542 bits per heavy atom. The second-order valence-corrected chi connectivity index (χ2v) is 17.4. The molecule has 72 heavy (non-hydrogen) atoms. The number of rotatable bonds is 46. The molecule has 0 aliphatic carbocycles. The first kappa shape index (κ1) is 66.2. The SMILES string of the molecule is CC\C=C/C=C\C=C/C=C\C=C\C=C/C=C\CCCCCC(=O)OCC(COC(=O)CCCCC/C=C\C=C/CCCCCCCCC)OC(=O)CCCCC\C=C/C=C\C=C\C=C/C=C\C=C/C=C\CC. The third-order valence-electron chi connectivity index (χ3n) is 10.7. The Bertz CT molecular complexity index is 1800. The number of ether oxygens (including phenoxy) is 3. The third kappa shape index (κ3) is 55.2. The normalized spacial score (nSPS) is 13.7. The van der Waals surface area contributed by atoms with Crippen LogP contribution >= 0.6 is 0 Å². The van der Waals surface area contributed by atoms with Gasteiger partial charge in [0.05, 0.1) is 0 Å². The maximum atomic E-state index is 12.8. The van der Waals surface area contributed by atoms with Crippen LogP contribution in [0.1, 0.15) is 181 Å². The molecule has 0 bridgehead atoms. The number of hydrogen-bond donors (Lipinski definition) is 0. The molecule has 0 spiro atoms. The molecule has 6 heteroatoms. The molecule has 0 rings (SSSR count). The Hall–Kier alpha value is -5.75. The van der Waals surface area contributed by atoms with E-state index in [2.05, 4.69) is 69.4 Å². The monoisotopic (exact) mass is 985 g/mol. The zero-order valence-corrected chi connectivity index (χ0v) is 45.1. The lowest BCUT2D eigenvalue weighted by Crippen LogP contribution is -2.30. The first-order valence-electron chi connectivity index (χ1n) is 27.7. The van der Waals surface area contributed by atoms with E-state index >= 15 is 0 Å². The molecule has 0 radical (unpaired) electrons. The van der Waals surface area contributed by atoms with Gasteiger partial charge in [-0.05, 0) is 83.5 Å². The fourth-order valence-corrected chi connectivity index (χ4v) is 6.63. The minimum absolute atomic E-state index is 0.138. The Kier molecular flexibility index (Phi) is 53.2. The molecular formula is C66H96O6. The molecule has 0 aliphatic heterocycles. The molecule has 0 heterocycles. The van der Waals surface area contributed by atoms with Gasteiger partial charge in [-0.15, -0.1) is 0 Å². The second kappa shape index (κ2) is 57.8. The van der Waals surface area contributed by atoms with Crippen LogP contribution in [0.4, 0.5) is 0 Å². The molecule has 6 nitrogen and oxygen atoms in total. The fraction of sp³-hybridized carbons (Fsp3) is 0.470. The van der Waals surface area contributed by atoms with Crippen molar-refractivity contribution in [3.05, 3.63) is 194 Å². The lowest BCUT2D eigenvalue weighted by atomic mass is 10.1. The first-order valence-corrected chi connectivity index (χ1v) is 27.7. The number of hydrogen-bond acceptors (Lipinski definition) is 6. The van der Waals surface area contributed by atoms with E-state index in [1.165, 1.54) is 44.9 Å². The summed E-state index contributed by atoms with van der Waals surface area (Å²) in [5.74, 6) is -1.07. The zero-order chi connectivity index (χ0) is 52.2. The number of allylic oxidation sites excluding steroid dienone is 32. The standard InChI is InChI=1S/C66H96O6/c1-4-7-10-13-16-19-22-25-28-31-33-35-38-41-44-47-50-53-56-59-65(68)71-62-63(61-70-64(67)58-55-52-49-46-43-40-37-30-27-24-21-18-15-12-9-6-3)72-66(69)60-57-54-51-48-45-42-39-36-34-32-29-26-23-20-17-14-11-8-5-2/h7-8,10-11,13-14,16-17,19-20,22-23,25-26,28-45,63H,4-6,9,12,15,18,21,24,27,46-62H2,1-3H3/b10-7-,11-8-,16-13-,17-14-,22-19-,23-20-,28-25-,29-26-,33-31+,34-32+,37-30-,38-35-,39-36-,43-40-,44-41-,45-42-. The van der Waals surface area contributed by atoms with Crippen molar-refractivity contribution in [2.45, 2.75) is 187 Å². The van der Waals surface area contributed by atoms with Crippen LogP contribution in [-0.4, -0.2) is 37.2 Å². The molecular weight excluding hydrogens is 889 g/mol. The number of esters is 3. The number of carbonyl (C=O) groups excluding carboxylic acids is 3. The Morgan fingerprint density at radius 1 is 0.292 bits per heavy atom. The summed E-state index contributed by atoms with van der Waals surface area (Å²) in [5, 5.41) is 0. The molecule has 1 unspecified atom stereocenters. The molecule has 0 saturated heterocycles. The van der Waals surface area contributed by atoms with Crippen LogP contribution < -0.4 is 0 Å². The van der Waals surface area contributed by atoms with Crippen LogP contribution in [0.25, 0.3) is 0 Å². The van der Waals surface area contributed by atoms with Crippen LogP contribution in [0.3, 0.4) is 0 Å². The zero-order valence-electron chi connectivity index (χ0n) is 45.1. The van der Waals surface area contributed by atoms with Crippen molar-refractivity contribution in [1.29, 1.82) is 0 Å². The van der Waals surface area contributed by atoms with Crippen LogP contribution in [0.5, 0.6) is 0 Å². The van der Waals surface area contributed by atoms with Gasteiger partial charge in [-0.2, -0.15) is 0 Å². The Balaban J connectivity index is 4.70. The number of carbonyl (C=O) groups is 3. The molecule has 0 aromatic rings. The molecule has 396 valence electrons. The van der Waals surface area contributed by atoms with Crippen molar-refractivity contribution < 1.29 is 28.6 Å². The van der Waals surface area contributed by atoms with Gasteiger partial charge >= 0.3 is 17.9 Å². The molecule has 0 fully saturated rings. The van der Waals surface area contributed by atoms with Gasteiger partial charge in [0.2, 0.25) is 0 Å². The minimum atomic E-state index is -0.846.